The Morgan fingerprint density at radius 2 is 0.681 bits per heavy atom. The summed E-state index contributed by atoms with van der Waals surface area (Å²) in [4.78, 5) is 24.6. The van der Waals surface area contributed by atoms with E-state index < -0.39 is 12.1 Å². The number of carbonyl (C=O) groups is 2. The van der Waals surface area contributed by atoms with Crippen LogP contribution in [0.25, 0.3) is 0 Å². The van der Waals surface area contributed by atoms with Gasteiger partial charge in [0, 0.05) is 12.8 Å². The molecule has 0 saturated carbocycles. The second kappa shape index (κ2) is 59.2. The third-order valence-electron chi connectivity index (χ3n) is 14.8. The molecule has 0 aromatic heterocycles. The molecule has 3 N–H and O–H groups in total. The highest BCUT2D eigenvalue weighted by molar-refractivity contribution is 5.76. The van der Waals surface area contributed by atoms with E-state index in [0.29, 0.717) is 25.9 Å². The van der Waals surface area contributed by atoms with Gasteiger partial charge in [0.15, 0.2) is 0 Å². The van der Waals surface area contributed by atoms with Crippen LogP contribution in [0.4, 0.5) is 0 Å². The molecule has 0 spiro atoms. The number of rotatable bonds is 59. The maximum absolute atomic E-state index is 12.5. The van der Waals surface area contributed by atoms with Crippen LogP contribution in [-0.4, -0.2) is 47.4 Å². The molecule has 0 fully saturated rings. The topological polar surface area (TPSA) is 95.9 Å². The van der Waals surface area contributed by atoms with Crippen LogP contribution >= 0.6 is 0 Å². The van der Waals surface area contributed by atoms with Crippen molar-refractivity contribution in [3.05, 3.63) is 12.2 Å². The normalized spacial score (nSPS) is 12.6. The van der Waals surface area contributed by atoms with Gasteiger partial charge >= 0.3 is 5.97 Å². The summed E-state index contributed by atoms with van der Waals surface area (Å²) in [7, 11) is 0. The van der Waals surface area contributed by atoms with Crippen LogP contribution < -0.4 is 5.32 Å². The molecular weight excluding hydrogens is 851 g/mol. The van der Waals surface area contributed by atoms with E-state index in [2.05, 4.69) is 31.3 Å². The fourth-order valence-corrected chi connectivity index (χ4v) is 9.99. The van der Waals surface area contributed by atoms with Gasteiger partial charge in [-0.1, -0.05) is 302 Å². The molecule has 6 nitrogen and oxygen atoms in total. The van der Waals surface area contributed by atoms with Crippen molar-refractivity contribution in [1.82, 2.24) is 5.32 Å². The number of esters is 1. The lowest BCUT2D eigenvalue weighted by atomic mass is 10.0. The quantitative estimate of drug-likeness (QED) is 0.0321. The van der Waals surface area contributed by atoms with E-state index in [9.17, 15) is 19.8 Å². The van der Waals surface area contributed by atoms with Crippen LogP contribution in [0.5, 0.6) is 0 Å². The molecule has 0 aliphatic heterocycles. The summed E-state index contributed by atoms with van der Waals surface area (Å²) in [5, 5.41) is 23.2. The number of hydrogen-bond acceptors (Lipinski definition) is 5. The fraction of sp³-hybridized carbons (Fsp3) is 0.937. The van der Waals surface area contributed by atoms with E-state index in [1.54, 1.807) is 0 Å². The van der Waals surface area contributed by atoms with E-state index in [-0.39, 0.29) is 18.5 Å². The zero-order valence-corrected chi connectivity index (χ0v) is 46.8. The summed E-state index contributed by atoms with van der Waals surface area (Å²) in [6, 6.07) is -0.540. The van der Waals surface area contributed by atoms with Gasteiger partial charge in [-0.25, -0.2) is 0 Å². The van der Waals surface area contributed by atoms with Crippen LogP contribution in [-0.2, 0) is 14.3 Å². The van der Waals surface area contributed by atoms with Gasteiger partial charge in [-0.2, -0.15) is 0 Å². The molecule has 0 saturated heterocycles. The van der Waals surface area contributed by atoms with Crippen molar-refractivity contribution < 1.29 is 24.5 Å². The molecule has 69 heavy (non-hydrogen) atoms. The van der Waals surface area contributed by atoms with E-state index in [0.717, 1.165) is 44.9 Å². The summed E-state index contributed by atoms with van der Waals surface area (Å²) in [6.07, 6.45) is 70.8. The predicted molar refractivity (Wildman–Crippen MR) is 301 cm³/mol. The number of hydrogen-bond donors (Lipinski definition) is 3. The van der Waals surface area contributed by atoms with Gasteiger partial charge in [0.2, 0.25) is 5.91 Å². The minimum absolute atomic E-state index is 0.0123. The Balaban J connectivity index is 3.34. The predicted octanol–water partition coefficient (Wildman–Crippen LogP) is 19.6. The zero-order chi connectivity index (χ0) is 50.0. The number of nitrogens with one attached hydrogen (secondary N) is 1. The van der Waals surface area contributed by atoms with Crippen LogP contribution in [0.1, 0.15) is 354 Å². The SMILES string of the molecule is CCCCCCCC/C=C\CCCCCCCCCCCC(=O)OCCCCCCCCCCCCCCCCCCCCCCCC(=O)NC(CO)C(O)CCCCCCCCCCCCCC. The Morgan fingerprint density at radius 3 is 1.03 bits per heavy atom. The standard InChI is InChI=1S/C63H123NO5/c1-3-5-7-9-11-13-15-17-18-19-23-27-30-33-37-41-45-49-53-57-63(68)69-58-54-50-46-42-38-34-31-28-25-22-20-21-24-26-29-32-36-40-44-48-52-56-62(67)64-60(59-65)61(66)55-51-47-43-39-35-16-14-12-10-8-6-4-2/h17-18,60-61,65-66H,3-16,19-59H2,1-2H3,(H,64,67)/b18-17-. The van der Waals surface area contributed by atoms with Crippen LogP contribution in [0.2, 0.25) is 0 Å². The van der Waals surface area contributed by atoms with E-state index >= 15 is 0 Å². The number of allylic oxidation sites excluding steroid dienone is 2. The van der Waals surface area contributed by atoms with E-state index in [4.69, 9.17) is 4.74 Å². The first-order chi connectivity index (χ1) is 34.0. The van der Waals surface area contributed by atoms with Gasteiger partial charge in [0.25, 0.3) is 0 Å². The van der Waals surface area contributed by atoms with Crippen LogP contribution in [0.15, 0.2) is 12.2 Å². The number of carbonyl (C=O) groups excluding carboxylic acids is 2. The van der Waals surface area contributed by atoms with Crippen molar-refractivity contribution in [2.75, 3.05) is 13.2 Å². The lowest BCUT2D eigenvalue weighted by Crippen LogP contribution is -2.45. The summed E-state index contributed by atoms with van der Waals surface area (Å²) in [5.74, 6) is -0.0224. The minimum Gasteiger partial charge on any atom is -0.466 e. The summed E-state index contributed by atoms with van der Waals surface area (Å²) in [6.45, 7) is 4.96. The van der Waals surface area contributed by atoms with Crippen molar-refractivity contribution in [2.24, 2.45) is 0 Å². The fourth-order valence-electron chi connectivity index (χ4n) is 9.99. The van der Waals surface area contributed by atoms with Crippen molar-refractivity contribution >= 4 is 11.9 Å². The number of aliphatic hydroxyl groups is 2. The highest BCUT2D eigenvalue weighted by atomic mass is 16.5. The molecule has 0 aliphatic rings. The third kappa shape index (κ3) is 55.8. The molecule has 1 amide bonds. The maximum atomic E-state index is 12.5. The smallest absolute Gasteiger partial charge is 0.305 e. The molecular formula is C63H123NO5. The number of amides is 1. The Kier molecular flexibility index (Phi) is 58.0. The lowest BCUT2D eigenvalue weighted by molar-refractivity contribution is -0.143. The lowest BCUT2D eigenvalue weighted by Gasteiger charge is -2.22. The van der Waals surface area contributed by atoms with Gasteiger partial charge in [-0.05, 0) is 51.4 Å². The largest absolute Gasteiger partial charge is 0.466 e. The Morgan fingerprint density at radius 1 is 0.391 bits per heavy atom. The molecule has 2 unspecified atom stereocenters. The van der Waals surface area contributed by atoms with Crippen LogP contribution in [0, 0.1) is 0 Å². The molecule has 2 atom stereocenters. The minimum atomic E-state index is -0.663. The Hall–Kier alpha value is -1.40. The first-order valence-electron chi connectivity index (χ1n) is 31.4. The maximum Gasteiger partial charge on any atom is 0.305 e. The second-order valence-electron chi connectivity index (χ2n) is 21.7. The summed E-state index contributed by atoms with van der Waals surface area (Å²) >= 11 is 0. The highest BCUT2D eigenvalue weighted by Gasteiger charge is 2.20. The summed E-state index contributed by atoms with van der Waals surface area (Å²) in [5.41, 5.74) is 0. The highest BCUT2D eigenvalue weighted by Crippen LogP contribution is 2.18. The Labute approximate surface area is 431 Å². The summed E-state index contributed by atoms with van der Waals surface area (Å²) < 4.78 is 5.50. The van der Waals surface area contributed by atoms with Gasteiger partial charge < -0.3 is 20.3 Å². The first-order valence-corrected chi connectivity index (χ1v) is 31.4. The molecule has 0 aromatic carbocycles. The third-order valence-corrected chi connectivity index (χ3v) is 14.8. The number of aliphatic hydroxyl groups excluding tert-OH is 2. The number of ether oxygens (including phenoxy) is 1. The average Bonchev–Trinajstić information content (AvgIpc) is 3.35. The molecule has 0 heterocycles. The van der Waals surface area contributed by atoms with Crippen molar-refractivity contribution in [2.45, 2.75) is 366 Å². The molecule has 0 bridgehead atoms. The van der Waals surface area contributed by atoms with Gasteiger partial charge in [-0.3, -0.25) is 9.59 Å². The van der Waals surface area contributed by atoms with Crippen LogP contribution in [0.3, 0.4) is 0 Å². The van der Waals surface area contributed by atoms with Crippen molar-refractivity contribution in [3.63, 3.8) is 0 Å². The molecule has 410 valence electrons. The van der Waals surface area contributed by atoms with Gasteiger partial charge in [0.05, 0.1) is 25.4 Å². The molecule has 0 aliphatic carbocycles. The molecule has 0 radical (unpaired) electrons. The van der Waals surface area contributed by atoms with Gasteiger partial charge in [-0.15, -0.1) is 0 Å². The molecule has 6 heteroatoms. The second-order valence-corrected chi connectivity index (χ2v) is 21.7. The van der Waals surface area contributed by atoms with Gasteiger partial charge in [0.1, 0.15) is 0 Å². The first kappa shape index (κ1) is 67.6. The van der Waals surface area contributed by atoms with E-state index in [1.165, 1.54) is 276 Å². The Bertz CT molecular complexity index is 1030. The average molecular weight is 975 g/mol. The number of unbranched alkanes of at least 4 members (excludes halogenated alkanes) is 46. The molecule has 0 rings (SSSR count). The molecule has 0 aromatic rings. The monoisotopic (exact) mass is 974 g/mol. The van der Waals surface area contributed by atoms with Crippen molar-refractivity contribution in [3.8, 4) is 0 Å². The zero-order valence-electron chi connectivity index (χ0n) is 46.8. The van der Waals surface area contributed by atoms with Crippen molar-refractivity contribution in [1.29, 1.82) is 0 Å². The van der Waals surface area contributed by atoms with E-state index in [1.807, 2.05) is 0 Å².